The van der Waals surface area contributed by atoms with Crippen LogP contribution >= 0.6 is 15.9 Å². The summed E-state index contributed by atoms with van der Waals surface area (Å²) in [5.74, 6) is 0.730. The maximum Gasteiger partial charge on any atom is 0.291 e. The number of halogens is 1. The molecule has 0 saturated heterocycles. The Bertz CT molecular complexity index is 794. The van der Waals surface area contributed by atoms with Gasteiger partial charge in [0.05, 0.1) is 11.3 Å². The van der Waals surface area contributed by atoms with E-state index in [0.29, 0.717) is 27.6 Å². The van der Waals surface area contributed by atoms with E-state index in [2.05, 4.69) is 31.4 Å². The van der Waals surface area contributed by atoms with Crippen molar-refractivity contribution < 1.29 is 13.7 Å². The van der Waals surface area contributed by atoms with Gasteiger partial charge in [0.15, 0.2) is 16.3 Å². The van der Waals surface area contributed by atoms with Crippen molar-refractivity contribution in [1.82, 2.24) is 10.1 Å². The average molecular weight is 348 g/mol. The van der Waals surface area contributed by atoms with Gasteiger partial charge >= 0.3 is 0 Å². The number of hydrogen-bond acceptors (Lipinski definition) is 5. The van der Waals surface area contributed by atoms with Crippen molar-refractivity contribution in [3.05, 3.63) is 52.7 Å². The molecule has 0 aliphatic heterocycles. The molecule has 0 spiro atoms. The Morgan fingerprint density at radius 1 is 1.24 bits per heavy atom. The Morgan fingerprint density at radius 2 is 2.05 bits per heavy atom. The van der Waals surface area contributed by atoms with Gasteiger partial charge in [0.25, 0.3) is 11.8 Å². The highest BCUT2D eigenvalue weighted by Gasteiger charge is 2.16. The van der Waals surface area contributed by atoms with Gasteiger partial charge in [-0.2, -0.15) is 4.98 Å². The topological polar surface area (TPSA) is 81.2 Å². The minimum absolute atomic E-state index is 0.207. The van der Waals surface area contributed by atoms with Crippen LogP contribution in [0.2, 0.25) is 0 Å². The number of aromatic nitrogens is 2. The molecule has 21 heavy (non-hydrogen) atoms. The van der Waals surface area contributed by atoms with E-state index in [1.807, 2.05) is 6.07 Å². The second kappa shape index (κ2) is 5.53. The quantitative estimate of drug-likeness (QED) is 0.781. The fraction of sp³-hybridized carbons (Fsp3) is 0.0714. The summed E-state index contributed by atoms with van der Waals surface area (Å²) in [6, 6.07) is 10.4. The van der Waals surface area contributed by atoms with Crippen LogP contribution in [0.4, 0.5) is 5.69 Å². The number of hydrogen-bond donors (Lipinski definition) is 1. The molecule has 0 aliphatic rings. The van der Waals surface area contributed by atoms with Crippen molar-refractivity contribution in [2.45, 2.75) is 6.92 Å². The normalized spacial score (nSPS) is 10.6. The SMILES string of the molecule is Cc1noc(-c2ccccc2NC(=O)c2ccc(Br)o2)n1. The monoisotopic (exact) mass is 347 g/mol. The number of rotatable bonds is 3. The first-order valence-electron chi connectivity index (χ1n) is 6.10. The lowest BCUT2D eigenvalue weighted by atomic mass is 10.1. The first-order chi connectivity index (χ1) is 10.1. The number of anilines is 1. The van der Waals surface area contributed by atoms with E-state index in [1.165, 1.54) is 0 Å². The van der Waals surface area contributed by atoms with E-state index in [-0.39, 0.29) is 11.7 Å². The molecule has 3 rings (SSSR count). The van der Waals surface area contributed by atoms with Crippen molar-refractivity contribution in [3.63, 3.8) is 0 Å². The van der Waals surface area contributed by atoms with Crippen molar-refractivity contribution in [2.75, 3.05) is 5.32 Å². The van der Waals surface area contributed by atoms with Crippen molar-refractivity contribution in [2.24, 2.45) is 0 Å². The molecule has 0 atom stereocenters. The minimum Gasteiger partial charge on any atom is -0.444 e. The molecule has 106 valence electrons. The van der Waals surface area contributed by atoms with Gasteiger partial charge in [-0.15, -0.1) is 0 Å². The Labute approximate surface area is 128 Å². The zero-order valence-corrected chi connectivity index (χ0v) is 12.5. The van der Waals surface area contributed by atoms with Crippen molar-refractivity contribution in [1.29, 1.82) is 0 Å². The second-order valence-electron chi connectivity index (χ2n) is 4.25. The van der Waals surface area contributed by atoms with Crippen LogP contribution < -0.4 is 5.32 Å². The Morgan fingerprint density at radius 3 is 2.71 bits per heavy atom. The fourth-order valence-electron chi connectivity index (χ4n) is 1.81. The van der Waals surface area contributed by atoms with Gasteiger partial charge in [-0.25, -0.2) is 0 Å². The highest BCUT2D eigenvalue weighted by Crippen LogP contribution is 2.27. The summed E-state index contributed by atoms with van der Waals surface area (Å²) >= 11 is 3.16. The zero-order valence-electron chi connectivity index (χ0n) is 11.0. The number of nitrogens with one attached hydrogen (secondary N) is 1. The molecule has 7 heteroatoms. The van der Waals surface area contributed by atoms with Crippen LogP contribution in [0.15, 0.2) is 50.0 Å². The Hall–Kier alpha value is -2.41. The number of para-hydroxylation sites is 1. The molecule has 0 saturated carbocycles. The third-order valence-electron chi connectivity index (χ3n) is 2.73. The first-order valence-corrected chi connectivity index (χ1v) is 6.89. The largest absolute Gasteiger partial charge is 0.444 e. The number of amides is 1. The summed E-state index contributed by atoms with van der Waals surface area (Å²) in [5.41, 5.74) is 1.22. The number of aryl methyl sites for hydroxylation is 1. The second-order valence-corrected chi connectivity index (χ2v) is 5.03. The maximum absolute atomic E-state index is 12.1. The minimum atomic E-state index is -0.357. The maximum atomic E-state index is 12.1. The van der Waals surface area contributed by atoms with E-state index < -0.39 is 0 Å². The summed E-state index contributed by atoms with van der Waals surface area (Å²) < 4.78 is 10.9. The lowest BCUT2D eigenvalue weighted by Crippen LogP contribution is -2.11. The lowest BCUT2D eigenvalue weighted by molar-refractivity contribution is 0.0995. The third-order valence-corrected chi connectivity index (χ3v) is 3.16. The van der Waals surface area contributed by atoms with Crippen LogP contribution in [0.25, 0.3) is 11.5 Å². The molecule has 6 nitrogen and oxygen atoms in total. The van der Waals surface area contributed by atoms with E-state index in [4.69, 9.17) is 8.94 Å². The van der Waals surface area contributed by atoms with Crippen molar-refractivity contribution in [3.8, 4) is 11.5 Å². The van der Waals surface area contributed by atoms with E-state index in [9.17, 15) is 4.79 Å². The predicted octanol–water partition coefficient (Wildman–Crippen LogP) is 3.65. The van der Waals surface area contributed by atoms with Gasteiger partial charge in [-0.1, -0.05) is 17.3 Å². The molecule has 0 aliphatic carbocycles. The van der Waals surface area contributed by atoms with Crippen LogP contribution in [0.1, 0.15) is 16.4 Å². The smallest absolute Gasteiger partial charge is 0.291 e. The summed E-state index contributed by atoms with van der Waals surface area (Å²) in [5, 5.41) is 6.52. The van der Waals surface area contributed by atoms with Crippen LogP contribution in [-0.4, -0.2) is 16.0 Å². The molecule has 1 aromatic carbocycles. The molecular weight excluding hydrogens is 338 g/mol. The molecule has 2 aromatic heterocycles. The highest BCUT2D eigenvalue weighted by atomic mass is 79.9. The fourth-order valence-corrected chi connectivity index (χ4v) is 2.11. The van der Waals surface area contributed by atoms with Gasteiger partial charge in [-0.3, -0.25) is 4.79 Å². The summed E-state index contributed by atoms with van der Waals surface area (Å²) in [4.78, 5) is 16.3. The van der Waals surface area contributed by atoms with E-state index in [0.717, 1.165) is 0 Å². The number of carbonyl (C=O) groups is 1. The number of furan rings is 1. The summed E-state index contributed by atoms with van der Waals surface area (Å²) in [6.07, 6.45) is 0. The Kier molecular flexibility index (Phi) is 3.57. The molecule has 1 amide bonds. The zero-order chi connectivity index (χ0) is 14.8. The van der Waals surface area contributed by atoms with Gasteiger partial charge in [-0.05, 0) is 47.1 Å². The standard InChI is InChI=1S/C14H10BrN3O3/c1-8-16-14(21-18-8)9-4-2-3-5-10(9)17-13(19)11-6-7-12(15)20-11/h2-7H,1H3,(H,17,19). The van der Waals surface area contributed by atoms with Crippen LogP contribution in [0.5, 0.6) is 0 Å². The number of nitrogens with zero attached hydrogens (tertiary/aromatic N) is 2. The molecule has 0 fully saturated rings. The lowest BCUT2D eigenvalue weighted by Gasteiger charge is -2.06. The predicted molar refractivity (Wildman–Crippen MR) is 78.8 cm³/mol. The van der Waals surface area contributed by atoms with E-state index in [1.54, 1.807) is 37.3 Å². The van der Waals surface area contributed by atoms with Gasteiger partial charge in [0, 0.05) is 0 Å². The summed E-state index contributed by atoms with van der Waals surface area (Å²) in [6.45, 7) is 1.73. The number of carbonyl (C=O) groups excluding carboxylic acids is 1. The summed E-state index contributed by atoms with van der Waals surface area (Å²) in [7, 11) is 0. The molecule has 2 heterocycles. The van der Waals surface area contributed by atoms with Crippen LogP contribution in [-0.2, 0) is 0 Å². The molecule has 0 bridgehead atoms. The van der Waals surface area contributed by atoms with Crippen molar-refractivity contribution >= 4 is 27.5 Å². The molecular formula is C14H10BrN3O3. The number of benzene rings is 1. The molecule has 1 N–H and O–H groups in total. The van der Waals surface area contributed by atoms with Crippen LogP contribution in [0.3, 0.4) is 0 Å². The van der Waals surface area contributed by atoms with Gasteiger partial charge in [0.2, 0.25) is 0 Å². The van der Waals surface area contributed by atoms with Gasteiger partial charge in [0.1, 0.15) is 0 Å². The van der Waals surface area contributed by atoms with Crippen LogP contribution in [0, 0.1) is 6.92 Å². The van der Waals surface area contributed by atoms with E-state index >= 15 is 0 Å². The molecule has 0 unspecified atom stereocenters. The molecule has 3 aromatic rings. The Balaban J connectivity index is 1.91. The first kappa shape index (κ1) is 13.6. The average Bonchev–Trinajstić information content (AvgIpc) is 3.08. The third kappa shape index (κ3) is 2.87. The van der Waals surface area contributed by atoms with Gasteiger partial charge < -0.3 is 14.3 Å². The highest BCUT2D eigenvalue weighted by molar-refractivity contribution is 9.10. The molecule has 0 radical (unpaired) electrons.